The molecule has 2 aromatic rings. The molecule has 2 aromatic heterocycles. The van der Waals surface area contributed by atoms with Gasteiger partial charge in [-0.2, -0.15) is 0 Å². The van der Waals surface area contributed by atoms with Crippen LogP contribution in [0.5, 0.6) is 0 Å². The van der Waals surface area contributed by atoms with Crippen molar-refractivity contribution in [3.8, 4) is 0 Å². The molecule has 2 fully saturated rings. The molecule has 0 spiro atoms. The number of fused-ring (bicyclic) bond motifs is 1. The number of imidazole rings is 1. The van der Waals surface area contributed by atoms with E-state index >= 15 is 0 Å². The van der Waals surface area contributed by atoms with Gasteiger partial charge in [0.05, 0.1) is 43.6 Å². The molecule has 1 amide bonds. The summed E-state index contributed by atoms with van der Waals surface area (Å²) in [5.74, 6) is -0.490. The van der Waals surface area contributed by atoms with Crippen molar-refractivity contribution in [3.63, 3.8) is 0 Å². The third-order valence-corrected chi connectivity index (χ3v) is 6.91. The highest BCUT2D eigenvalue weighted by molar-refractivity contribution is 8.14. The lowest BCUT2D eigenvalue weighted by Gasteiger charge is -2.10. The van der Waals surface area contributed by atoms with Gasteiger partial charge in [0.15, 0.2) is 17.5 Å². The van der Waals surface area contributed by atoms with Crippen LogP contribution in [0.15, 0.2) is 15.9 Å². The van der Waals surface area contributed by atoms with E-state index < -0.39 is 11.7 Å². The molecule has 0 aromatic carbocycles. The van der Waals surface area contributed by atoms with Crippen LogP contribution in [0.3, 0.4) is 0 Å². The second-order valence-electron chi connectivity index (χ2n) is 7.41. The SMILES string of the molecule is Cn1c(=O)c2c(ncn2CC2OCCO2)n(C)c1=O.O=C(O)CSCC(=O)NC1CCSC1=O. The van der Waals surface area contributed by atoms with Gasteiger partial charge in [0, 0.05) is 19.8 Å². The molecule has 0 bridgehead atoms. The van der Waals surface area contributed by atoms with Crippen molar-refractivity contribution in [2.24, 2.45) is 14.1 Å². The zero-order chi connectivity index (χ0) is 24.8. The molecule has 0 aliphatic carbocycles. The van der Waals surface area contributed by atoms with Gasteiger partial charge in [-0.3, -0.25) is 28.3 Å². The molecule has 2 aliphatic heterocycles. The van der Waals surface area contributed by atoms with E-state index in [-0.39, 0.29) is 40.4 Å². The van der Waals surface area contributed by atoms with E-state index in [9.17, 15) is 24.0 Å². The molecule has 15 heteroatoms. The van der Waals surface area contributed by atoms with Crippen LogP contribution in [0.2, 0.25) is 0 Å². The first-order chi connectivity index (χ1) is 16.2. The van der Waals surface area contributed by atoms with Crippen LogP contribution >= 0.6 is 23.5 Å². The maximum atomic E-state index is 12.2. The van der Waals surface area contributed by atoms with Crippen LogP contribution in [0.1, 0.15) is 6.42 Å². The summed E-state index contributed by atoms with van der Waals surface area (Å²) in [6, 6.07) is -0.382. The van der Waals surface area contributed by atoms with Gasteiger partial charge < -0.3 is 24.5 Å². The maximum Gasteiger partial charge on any atom is 0.332 e. The summed E-state index contributed by atoms with van der Waals surface area (Å²) in [4.78, 5) is 60.6. The largest absolute Gasteiger partial charge is 0.481 e. The van der Waals surface area contributed by atoms with Crippen molar-refractivity contribution in [2.75, 3.05) is 30.5 Å². The topological polar surface area (TPSA) is 164 Å². The van der Waals surface area contributed by atoms with E-state index in [1.54, 1.807) is 11.6 Å². The van der Waals surface area contributed by atoms with Gasteiger partial charge >= 0.3 is 11.7 Å². The predicted octanol–water partition coefficient (Wildman–Crippen LogP) is -1.24. The number of hydrogen-bond donors (Lipinski definition) is 2. The number of hydrogen-bond acceptors (Lipinski definition) is 10. The second kappa shape index (κ2) is 11.7. The fraction of sp³-hybridized carbons (Fsp3) is 0.579. The minimum Gasteiger partial charge on any atom is -0.481 e. The first-order valence-electron chi connectivity index (χ1n) is 10.3. The number of carboxylic acid groups (broad SMARTS) is 1. The monoisotopic (exact) mass is 515 g/mol. The Morgan fingerprint density at radius 2 is 1.91 bits per heavy atom. The summed E-state index contributed by atoms with van der Waals surface area (Å²) < 4.78 is 14.8. The third kappa shape index (κ3) is 6.28. The van der Waals surface area contributed by atoms with E-state index in [2.05, 4.69) is 10.3 Å². The number of nitrogens with one attached hydrogen (secondary N) is 1. The highest BCUT2D eigenvalue weighted by atomic mass is 32.2. The Morgan fingerprint density at radius 1 is 1.21 bits per heavy atom. The van der Waals surface area contributed by atoms with E-state index in [0.29, 0.717) is 37.3 Å². The summed E-state index contributed by atoms with van der Waals surface area (Å²) in [5.41, 5.74) is -0.0143. The van der Waals surface area contributed by atoms with Crippen LogP contribution in [-0.4, -0.2) is 83.6 Å². The molecule has 2 aliphatic rings. The standard InChI is InChI=1S/C11H14N4O4.C8H11NO4S2/c1-13-9-8(10(16)14(2)11(13)17)15(6-12-9)5-7-18-3-4-19-7;10-6(3-14-4-7(11)12)9-5-1-2-15-8(5)13/h6-7H,3-5H2,1-2H3;5H,1-4H2,(H,9,10)(H,11,12). The number of aromatic nitrogens is 4. The summed E-state index contributed by atoms with van der Waals surface area (Å²) in [7, 11) is 3.04. The predicted molar refractivity (Wildman–Crippen MR) is 125 cm³/mol. The average Bonchev–Trinajstić information content (AvgIpc) is 3.54. The van der Waals surface area contributed by atoms with Crippen LogP contribution in [0.4, 0.5) is 0 Å². The van der Waals surface area contributed by atoms with Crippen LogP contribution < -0.4 is 16.6 Å². The number of thioether (sulfide) groups is 2. The number of rotatable bonds is 7. The van der Waals surface area contributed by atoms with E-state index in [1.807, 2.05) is 0 Å². The zero-order valence-corrected chi connectivity index (χ0v) is 20.2. The van der Waals surface area contributed by atoms with Gasteiger partial charge in [0.2, 0.25) is 11.0 Å². The summed E-state index contributed by atoms with van der Waals surface area (Å²) in [5, 5.41) is 10.9. The molecule has 1 atom stereocenters. The lowest BCUT2D eigenvalue weighted by atomic mass is 10.2. The highest BCUT2D eigenvalue weighted by Crippen LogP contribution is 2.19. The molecule has 1 unspecified atom stereocenters. The van der Waals surface area contributed by atoms with Gasteiger partial charge in [-0.05, 0) is 6.42 Å². The number of aryl methyl sites for hydroxylation is 1. The molecule has 4 heterocycles. The molecule has 34 heavy (non-hydrogen) atoms. The van der Waals surface area contributed by atoms with Crippen LogP contribution in [0.25, 0.3) is 11.2 Å². The van der Waals surface area contributed by atoms with E-state index in [4.69, 9.17) is 14.6 Å². The van der Waals surface area contributed by atoms with Crippen molar-refractivity contribution in [1.82, 2.24) is 24.0 Å². The third-order valence-electron chi connectivity index (χ3n) is 4.98. The maximum absolute atomic E-state index is 12.2. The number of nitrogens with zero attached hydrogens (tertiary/aromatic N) is 4. The van der Waals surface area contributed by atoms with Crippen molar-refractivity contribution >= 4 is 51.7 Å². The number of aliphatic carboxylic acids is 1. The number of amides is 1. The Balaban J connectivity index is 0.000000197. The van der Waals surface area contributed by atoms with Gasteiger partial charge in [-0.15, -0.1) is 11.8 Å². The molecule has 2 saturated heterocycles. The first kappa shape index (κ1) is 26.0. The molecular formula is C19H25N5O8S2. The minimum atomic E-state index is -0.944. The fourth-order valence-electron chi connectivity index (χ4n) is 3.30. The second-order valence-corrected chi connectivity index (χ2v) is 9.49. The zero-order valence-electron chi connectivity index (χ0n) is 18.6. The normalized spacial score (nSPS) is 18.2. The van der Waals surface area contributed by atoms with Gasteiger partial charge in [-0.25, -0.2) is 9.78 Å². The Morgan fingerprint density at radius 3 is 2.53 bits per heavy atom. The number of carboxylic acids is 1. The smallest absolute Gasteiger partial charge is 0.332 e. The van der Waals surface area contributed by atoms with E-state index in [1.165, 1.54) is 29.7 Å². The van der Waals surface area contributed by atoms with Gasteiger partial charge in [0.25, 0.3) is 5.56 Å². The Kier molecular flexibility index (Phi) is 8.93. The van der Waals surface area contributed by atoms with Crippen LogP contribution in [0, 0.1) is 0 Å². The molecule has 4 rings (SSSR count). The Labute approximate surface area is 201 Å². The molecular weight excluding hydrogens is 490 g/mol. The van der Waals surface area contributed by atoms with E-state index in [0.717, 1.165) is 22.1 Å². The summed E-state index contributed by atoms with van der Waals surface area (Å²) >= 11 is 2.25. The van der Waals surface area contributed by atoms with Crippen molar-refractivity contribution in [1.29, 1.82) is 0 Å². The number of ether oxygens (including phenoxy) is 2. The molecule has 2 N–H and O–H groups in total. The molecule has 186 valence electrons. The van der Waals surface area contributed by atoms with Crippen molar-refractivity contribution in [3.05, 3.63) is 27.2 Å². The number of carbonyl (C=O) groups is 3. The molecule has 13 nitrogen and oxygen atoms in total. The average molecular weight is 516 g/mol. The van der Waals surface area contributed by atoms with Gasteiger partial charge in [0.1, 0.15) is 0 Å². The number of carbonyl (C=O) groups excluding carboxylic acids is 2. The lowest BCUT2D eigenvalue weighted by Crippen LogP contribution is -2.38. The summed E-state index contributed by atoms with van der Waals surface area (Å²) in [6.07, 6.45) is 1.81. The minimum absolute atomic E-state index is 0.00779. The molecule has 0 saturated carbocycles. The van der Waals surface area contributed by atoms with Crippen molar-refractivity contribution in [2.45, 2.75) is 25.3 Å². The summed E-state index contributed by atoms with van der Waals surface area (Å²) in [6.45, 7) is 1.48. The fourth-order valence-corrected chi connectivity index (χ4v) is 4.78. The Bertz CT molecular complexity index is 1180. The van der Waals surface area contributed by atoms with Gasteiger partial charge in [-0.1, -0.05) is 11.8 Å². The highest BCUT2D eigenvalue weighted by Gasteiger charge is 2.26. The first-order valence-corrected chi connectivity index (χ1v) is 12.4. The molecule has 0 radical (unpaired) electrons. The van der Waals surface area contributed by atoms with Crippen molar-refractivity contribution < 1.29 is 29.0 Å². The Hall–Kier alpha value is -2.62. The lowest BCUT2D eigenvalue weighted by molar-refractivity contribution is -0.133. The quantitative estimate of drug-likeness (QED) is 0.453. The van der Waals surface area contributed by atoms with Crippen LogP contribution in [-0.2, 0) is 44.5 Å².